The summed E-state index contributed by atoms with van der Waals surface area (Å²) in [5, 5.41) is 21.5. The second kappa shape index (κ2) is 4.91. The van der Waals surface area contributed by atoms with Gasteiger partial charge in [0.05, 0.1) is 23.8 Å². The van der Waals surface area contributed by atoms with E-state index in [0.717, 1.165) is 12.8 Å². The van der Waals surface area contributed by atoms with Gasteiger partial charge in [-0.05, 0) is 25.8 Å². The van der Waals surface area contributed by atoms with Gasteiger partial charge in [0.1, 0.15) is 5.69 Å². The minimum absolute atomic E-state index is 0.326. The van der Waals surface area contributed by atoms with Gasteiger partial charge in [0.25, 0.3) is 5.91 Å². The van der Waals surface area contributed by atoms with Crippen molar-refractivity contribution >= 4 is 17.5 Å². The number of carbonyl (C=O) groups excluding carboxylic acids is 1. The zero-order chi connectivity index (χ0) is 13.3. The van der Waals surface area contributed by atoms with Crippen LogP contribution in [-0.4, -0.2) is 39.4 Å². The van der Waals surface area contributed by atoms with Crippen LogP contribution in [0, 0.1) is 0 Å². The second-order valence-corrected chi connectivity index (χ2v) is 5.45. The quantitative estimate of drug-likeness (QED) is 0.747. The molecule has 0 spiro atoms. The highest BCUT2D eigenvalue weighted by molar-refractivity contribution is 6.31. The van der Waals surface area contributed by atoms with Crippen LogP contribution in [0.15, 0.2) is 12.3 Å². The first-order valence-corrected chi connectivity index (χ1v) is 6.28. The molecule has 6 heteroatoms. The highest BCUT2D eigenvalue weighted by Crippen LogP contribution is 2.37. The molecule has 1 fully saturated rings. The summed E-state index contributed by atoms with van der Waals surface area (Å²) >= 11 is 5.92. The lowest BCUT2D eigenvalue weighted by atomic mass is 10.1. The maximum Gasteiger partial charge on any atom is 0.268 e. The van der Waals surface area contributed by atoms with Crippen LogP contribution >= 0.6 is 11.6 Å². The van der Waals surface area contributed by atoms with Crippen molar-refractivity contribution in [3.05, 3.63) is 23.0 Å². The van der Waals surface area contributed by atoms with E-state index in [1.807, 2.05) is 4.57 Å². The molecule has 0 aliphatic heterocycles. The molecule has 0 bridgehead atoms. The van der Waals surface area contributed by atoms with E-state index in [9.17, 15) is 4.79 Å². The van der Waals surface area contributed by atoms with Gasteiger partial charge in [-0.2, -0.15) is 0 Å². The maximum atomic E-state index is 12.1. The van der Waals surface area contributed by atoms with Crippen LogP contribution in [0.4, 0.5) is 0 Å². The Morgan fingerprint density at radius 1 is 1.56 bits per heavy atom. The largest absolute Gasteiger partial charge is 0.394 e. The fourth-order valence-electron chi connectivity index (χ4n) is 1.75. The molecule has 0 unspecified atom stereocenters. The number of aliphatic hydroxyl groups excluding tert-OH is 2. The second-order valence-electron chi connectivity index (χ2n) is 5.01. The van der Waals surface area contributed by atoms with E-state index in [1.165, 1.54) is 0 Å². The van der Waals surface area contributed by atoms with E-state index < -0.39 is 5.54 Å². The Labute approximate surface area is 110 Å². The molecular weight excluding hydrogens is 256 g/mol. The average Bonchev–Trinajstić information content (AvgIpc) is 3.12. The predicted octanol–water partition coefficient (Wildman–Crippen LogP) is 0.949. The molecule has 1 heterocycles. The molecular formula is C12H17ClN2O3. The maximum absolute atomic E-state index is 12.1. The van der Waals surface area contributed by atoms with E-state index in [0.29, 0.717) is 16.8 Å². The van der Waals surface area contributed by atoms with Crippen molar-refractivity contribution in [1.29, 1.82) is 0 Å². The van der Waals surface area contributed by atoms with Crippen molar-refractivity contribution in [2.24, 2.45) is 0 Å². The number of aromatic nitrogens is 1. The number of rotatable bonds is 5. The van der Waals surface area contributed by atoms with Crippen molar-refractivity contribution in [3.8, 4) is 0 Å². The van der Waals surface area contributed by atoms with E-state index in [-0.39, 0.29) is 19.1 Å². The lowest BCUT2D eigenvalue weighted by Crippen LogP contribution is -2.52. The molecule has 1 amide bonds. The summed E-state index contributed by atoms with van der Waals surface area (Å²) in [6.07, 6.45) is 3.83. The highest BCUT2D eigenvalue weighted by Gasteiger charge is 2.31. The van der Waals surface area contributed by atoms with E-state index in [2.05, 4.69) is 5.32 Å². The molecule has 2 rings (SSSR count). The van der Waals surface area contributed by atoms with Gasteiger partial charge in [-0.15, -0.1) is 0 Å². The third kappa shape index (κ3) is 2.68. The zero-order valence-corrected chi connectivity index (χ0v) is 10.9. The first kappa shape index (κ1) is 13.4. The number of halogens is 1. The van der Waals surface area contributed by atoms with Gasteiger partial charge in [-0.25, -0.2) is 0 Å². The Morgan fingerprint density at radius 3 is 2.67 bits per heavy atom. The highest BCUT2D eigenvalue weighted by atomic mass is 35.5. The first-order chi connectivity index (χ1) is 8.49. The van der Waals surface area contributed by atoms with E-state index >= 15 is 0 Å². The molecule has 3 N–H and O–H groups in total. The smallest absolute Gasteiger partial charge is 0.268 e. The number of amides is 1. The van der Waals surface area contributed by atoms with Gasteiger partial charge in [0.15, 0.2) is 0 Å². The van der Waals surface area contributed by atoms with Crippen molar-refractivity contribution in [1.82, 2.24) is 9.88 Å². The lowest BCUT2D eigenvalue weighted by Gasteiger charge is -2.26. The number of nitrogens with zero attached hydrogens (tertiary/aromatic N) is 1. The van der Waals surface area contributed by atoms with Crippen LogP contribution in [0.25, 0.3) is 0 Å². The standard InChI is InChI=1S/C12H17ClN2O3/c1-12(6-16,7-17)14-11(18)10-4-8(13)5-15(10)9-2-3-9/h4-5,9,16-17H,2-3,6-7H2,1H3,(H,14,18). The summed E-state index contributed by atoms with van der Waals surface area (Å²) in [5.74, 6) is -0.334. The van der Waals surface area contributed by atoms with Crippen molar-refractivity contribution in [2.45, 2.75) is 31.3 Å². The lowest BCUT2D eigenvalue weighted by molar-refractivity contribution is 0.0715. The Bertz CT molecular complexity index is 450. The molecule has 5 nitrogen and oxygen atoms in total. The van der Waals surface area contributed by atoms with Crippen LogP contribution in [0.2, 0.25) is 5.02 Å². The zero-order valence-electron chi connectivity index (χ0n) is 10.2. The van der Waals surface area contributed by atoms with Gasteiger partial charge in [0, 0.05) is 12.2 Å². The number of aliphatic hydroxyl groups is 2. The Hall–Kier alpha value is -1.04. The van der Waals surface area contributed by atoms with Gasteiger partial charge < -0.3 is 20.1 Å². The third-order valence-corrected chi connectivity index (χ3v) is 3.31. The first-order valence-electron chi connectivity index (χ1n) is 5.91. The van der Waals surface area contributed by atoms with Gasteiger partial charge >= 0.3 is 0 Å². The Morgan fingerprint density at radius 2 is 2.17 bits per heavy atom. The molecule has 1 aliphatic rings. The number of nitrogens with one attached hydrogen (secondary N) is 1. The molecule has 0 radical (unpaired) electrons. The fourth-order valence-corrected chi connectivity index (χ4v) is 1.96. The van der Waals surface area contributed by atoms with Crippen LogP contribution in [0.5, 0.6) is 0 Å². The van der Waals surface area contributed by atoms with E-state index in [1.54, 1.807) is 19.2 Å². The number of carbonyl (C=O) groups is 1. The molecule has 1 aromatic heterocycles. The summed E-state index contributed by atoms with van der Waals surface area (Å²) in [5.41, 5.74) is -0.557. The fraction of sp³-hybridized carbons (Fsp3) is 0.583. The van der Waals surface area contributed by atoms with Crippen LogP contribution in [0.1, 0.15) is 36.3 Å². The van der Waals surface area contributed by atoms with Crippen LogP contribution in [-0.2, 0) is 0 Å². The third-order valence-electron chi connectivity index (χ3n) is 3.10. The van der Waals surface area contributed by atoms with Crippen molar-refractivity contribution in [3.63, 3.8) is 0 Å². The van der Waals surface area contributed by atoms with Gasteiger partial charge in [-0.1, -0.05) is 11.6 Å². The number of hydrogen-bond donors (Lipinski definition) is 3. The predicted molar refractivity (Wildman–Crippen MR) is 67.8 cm³/mol. The molecule has 1 aliphatic carbocycles. The minimum Gasteiger partial charge on any atom is -0.394 e. The normalized spacial score (nSPS) is 15.8. The molecule has 0 aromatic carbocycles. The van der Waals surface area contributed by atoms with Crippen LogP contribution < -0.4 is 5.32 Å². The SMILES string of the molecule is CC(CO)(CO)NC(=O)c1cc(Cl)cn1C1CC1. The summed E-state index contributed by atoms with van der Waals surface area (Å²) < 4.78 is 1.85. The van der Waals surface area contributed by atoms with Gasteiger partial charge in [0.2, 0.25) is 0 Å². The summed E-state index contributed by atoms with van der Waals surface area (Å²) in [6.45, 7) is 0.928. The Balaban J connectivity index is 2.18. The molecule has 1 aromatic rings. The summed E-state index contributed by atoms with van der Waals surface area (Å²) in [6, 6.07) is 1.94. The molecule has 0 atom stereocenters. The monoisotopic (exact) mass is 272 g/mol. The summed E-state index contributed by atoms with van der Waals surface area (Å²) in [7, 11) is 0. The average molecular weight is 273 g/mol. The summed E-state index contributed by atoms with van der Waals surface area (Å²) in [4.78, 5) is 12.1. The van der Waals surface area contributed by atoms with E-state index in [4.69, 9.17) is 21.8 Å². The van der Waals surface area contributed by atoms with Crippen LogP contribution in [0.3, 0.4) is 0 Å². The molecule has 100 valence electrons. The van der Waals surface area contributed by atoms with Gasteiger partial charge in [-0.3, -0.25) is 4.79 Å². The van der Waals surface area contributed by atoms with Crippen molar-refractivity contribution < 1.29 is 15.0 Å². The molecule has 0 saturated heterocycles. The van der Waals surface area contributed by atoms with Crippen molar-refractivity contribution in [2.75, 3.05) is 13.2 Å². The molecule has 1 saturated carbocycles. The topological polar surface area (TPSA) is 74.5 Å². The molecule has 18 heavy (non-hydrogen) atoms. The number of hydrogen-bond acceptors (Lipinski definition) is 3. The Kier molecular flexibility index (Phi) is 3.66. The minimum atomic E-state index is -1.03.